The molecule has 4 heteroatoms. The standard InChI is InChI=1S/C19H36O2.C11H8N.Ir/c1-5-18(6-2)12-9-10-14-11-13-19(7-3,8-4)17(21)15(14)16(18)20;1-2-6-10(7-3-1)11-8-4-5-9-12-11;/h14-17,20-21H,5-13H2,1-4H3;1-6,8-9H;/q;-1;. The predicted molar refractivity (Wildman–Crippen MR) is 137 cm³/mol. The molecule has 0 saturated heterocycles. The van der Waals surface area contributed by atoms with E-state index in [0.29, 0.717) is 5.92 Å². The van der Waals surface area contributed by atoms with Crippen molar-refractivity contribution >= 4 is 0 Å². The number of aliphatic hydroxyl groups is 2. The molecule has 2 fully saturated rings. The van der Waals surface area contributed by atoms with E-state index in [-0.39, 0.29) is 49.1 Å². The Hall–Kier alpha value is -1.06. The molecule has 2 aliphatic rings. The van der Waals surface area contributed by atoms with Gasteiger partial charge in [0.05, 0.1) is 12.2 Å². The predicted octanol–water partition coefficient (Wildman–Crippen LogP) is 7.08. The van der Waals surface area contributed by atoms with Crippen LogP contribution in [0.25, 0.3) is 11.3 Å². The van der Waals surface area contributed by atoms with E-state index in [1.165, 1.54) is 19.3 Å². The Morgan fingerprint density at radius 3 is 2.00 bits per heavy atom. The Bertz CT molecular complexity index is 783. The van der Waals surface area contributed by atoms with E-state index >= 15 is 0 Å². The van der Waals surface area contributed by atoms with Crippen molar-refractivity contribution in [3.05, 3.63) is 54.7 Å². The van der Waals surface area contributed by atoms with Gasteiger partial charge in [-0.25, -0.2) is 0 Å². The number of rotatable bonds is 5. The van der Waals surface area contributed by atoms with Gasteiger partial charge in [-0.05, 0) is 79.9 Å². The summed E-state index contributed by atoms with van der Waals surface area (Å²) in [6, 6.07) is 16.8. The van der Waals surface area contributed by atoms with Crippen LogP contribution >= 0.6 is 0 Å². The first-order valence-corrected chi connectivity index (χ1v) is 13.2. The summed E-state index contributed by atoms with van der Waals surface area (Å²) < 4.78 is 0. The Kier molecular flexibility index (Phi) is 11.4. The molecule has 1 radical (unpaired) electrons. The number of nitrogens with zero attached hydrogens (tertiary/aromatic N) is 1. The molecular weight excluding hydrogens is 599 g/mol. The number of aromatic nitrogens is 1. The summed E-state index contributed by atoms with van der Waals surface area (Å²) in [4.78, 5) is 4.22. The topological polar surface area (TPSA) is 53.4 Å². The van der Waals surface area contributed by atoms with Crippen LogP contribution in [0.2, 0.25) is 0 Å². The van der Waals surface area contributed by atoms with Crippen molar-refractivity contribution in [1.29, 1.82) is 0 Å². The van der Waals surface area contributed by atoms with Gasteiger partial charge in [0.25, 0.3) is 0 Å². The minimum atomic E-state index is -0.326. The first-order chi connectivity index (χ1) is 16.0. The smallest absolute Gasteiger partial charge is 0.0651 e. The maximum Gasteiger partial charge on any atom is 0.0651 e. The van der Waals surface area contributed by atoms with E-state index in [0.717, 1.165) is 49.8 Å². The molecular formula is C30H44IrNO2-. The van der Waals surface area contributed by atoms with Crippen LogP contribution in [-0.2, 0) is 20.1 Å². The van der Waals surface area contributed by atoms with Crippen molar-refractivity contribution in [2.75, 3.05) is 0 Å². The van der Waals surface area contributed by atoms with Crippen LogP contribution in [0.1, 0.15) is 85.5 Å². The molecule has 0 amide bonds. The largest absolute Gasteiger partial charge is 0.392 e. The van der Waals surface area contributed by atoms with Crippen LogP contribution in [0.3, 0.4) is 0 Å². The second kappa shape index (κ2) is 13.3. The molecule has 1 aromatic carbocycles. The summed E-state index contributed by atoms with van der Waals surface area (Å²) in [6.07, 6.45) is 11.2. The van der Waals surface area contributed by atoms with Gasteiger partial charge in [-0.1, -0.05) is 46.2 Å². The number of benzene rings is 1. The second-order valence-electron chi connectivity index (χ2n) is 10.3. The van der Waals surface area contributed by atoms with E-state index < -0.39 is 0 Å². The molecule has 2 aliphatic carbocycles. The van der Waals surface area contributed by atoms with Gasteiger partial charge in [0.1, 0.15) is 0 Å². The first-order valence-electron chi connectivity index (χ1n) is 13.2. The summed E-state index contributed by atoms with van der Waals surface area (Å²) in [6.45, 7) is 8.86. The van der Waals surface area contributed by atoms with Crippen LogP contribution in [0.15, 0.2) is 48.7 Å². The molecule has 191 valence electrons. The van der Waals surface area contributed by atoms with Gasteiger partial charge in [-0.2, -0.15) is 0 Å². The normalized spacial score (nSPS) is 27.2. The van der Waals surface area contributed by atoms with Crippen molar-refractivity contribution in [3.8, 4) is 11.3 Å². The van der Waals surface area contributed by atoms with Crippen molar-refractivity contribution in [2.45, 2.75) is 97.7 Å². The zero-order chi connectivity index (χ0) is 23.9. The summed E-state index contributed by atoms with van der Waals surface area (Å²) in [5.41, 5.74) is 2.08. The third-order valence-corrected chi connectivity index (χ3v) is 9.26. The van der Waals surface area contributed by atoms with Gasteiger partial charge in [0, 0.05) is 32.2 Å². The molecule has 1 heterocycles. The van der Waals surface area contributed by atoms with Gasteiger partial charge in [-0.15, -0.1) is 35.9 Å². The molecule has 4 rings (SSSR count). The van der Waals surface area contributed by atoms with Gasteiger partial charge in [0.15, 0.2) is 0 Å². The zero-order valence-electron chi connectivity index (χ0n) is 21.5. The van der Waals surface area contributed by atoms with E-state index in [1.54, 1.807) is 6.20 Å². The maximum atomic E-state index is 11.2. The van der Waals surface area contributed by atoms with E-state index in [9.17, 15) is 10.2 Å². The van der Waals surface area contributed by atoms with Gasteiger partial charge >= 0.3 is 0 Å². The molecule has 1 aromatic heterocycles. The number of fused-ring (bicyclic) bond motifs is 1. The van der Waals surface area contributed by atoms with Crippen LogP contribution in [0, 0.1) is 28.7 Å². The number of hydrogen-bond acceptors (Lipinski definition) is 3. The fourth-order valence-corrected chi connectivity index (χ4v) is 6.64. The molecule has 34 heavy (non-hydrogen) atoms. The van der Waals surface area contributed by atoms with Crippen LogP contribution < -0.4 is 0 Å². The Balaban J connectivity index is 0.000000266. The Morgan fingerprint density at radius 1 is 0.853 bits per heavy atom. The third kappa shape index (κ3) is 6.01. The average molecular weight is 643 g/mol. The number of aliphatic hydroxyl groups excluding tert-OH is 2. The fourth-order valence-electron chi connectivity index (χ4n) is 6.64. The molecule has 0 spiro atoms. The van der Waals surface area contributed by atoms with Crippen molar-refractivity contribution in [3.63, 3.8) is 0 Å². The monoisotopic (exact) mass is 643 g/mol. The Morgan fingerprint density at radius 2 is 1.47 bits per heavy atom. The average Bonchev–Trinajstić information content (AvgIpc) is 3.02. The molecule has 2 saturated carbocycles. The third-order valence-electron chi connectivity index (χ3n) is 9.26. The SMILES string of the molecule is CCC1(CC)CCCC2CCC(CC)(CC)C(O)C2C1O.[Ir].[c-]1ccccc1-c1ccccn1. The maximum absolute atomic E-state index is 11.2. The number of pyridine rings is 1. The minimum Gasteiger partial charge on any atom is -0.392 e. The van der Waals surface area contributed by atoms with Gasteiger partial charge in [-0.3, -0.25) is 0 Å². The summed E-state index contributed by atoms with van der Waals surface area (Å²) >= 11 is 0. The second-order valence-corrected chi connectivity index (χ2v) is 10.3. The molecule has 0 aliphatic heterocycles. The van der Waals surface area contributed by atoms with Gasteiger partial charge < -0.3 is 15.2 Å². The van der Waals surface area contributed by atoms with Crippen LogP contribution in [0.4, 0.5) is 0 Å². The molecule has 3 nitrogen and oxygen atoms in total. The Labute approximate surface area is 221 Å². The molecule has 2 N–H and O–H groups in total. The van der Waals surface area contributed by atoms with E-state index in [1.807, 2.05) is 42.5 Å². The van der Waals surface area contributed by atoms with E-state index in [2.05, 4.69) is 38.7 Å². The zero-order valence-corrected chi connectivity index (χ0v) is 23.9. The van der Waals surface area contributed by atoms with E-state index in [4.69, 9.17) is 0 Å². The van der Waals surface area contributed by atoms with Crippen molar-refractivity contribution < 1.29 is 30.3 Å². The minimum absolute atomic E-state index is 0. The quantitative estimate of drug-likeness (QED) is 0.343. The van der Waals surface area contributed by atoms with Gasteiger partial charge in [0.2, 0.25) is 0 Å². The number of hydrogen-bond donors (Lipinski definition) is 2. The van der Waals surface area contributed by atoms with Crippen molar-refractivity contribution in [2.24, 2.45) is 22.7 Å². The summed E-state index contributed by atoms with van der Waals surface area (Å²) in [7, 11) is 0. The van der Waals surface area contributed by atoms with Crippen LogP contribution in [0.5, 0.6) is 0 Å². The van der Waals surface area contributed by atoms with Crippen molar-refractivity contribution in [1.82, 2.24) is 4.98 Å². The fraction of sp³-hybridized carbons (Fsp3) is 0.633. The summed E-state index contributed by atoms with van der Waals surface area (Å²) in [5, 5.41) is 22.4. The molecule has 4 unspecified atom stereocenters. The first kappa shape index (κ1) is 29.2. The molecule has 2 aromatic rings. The molecule has 4 atom stereocenters. The summed E-state index contributed by atoms with van der Waals surface area (Å²) in [5.74, 6) is 0.627. The molecule has 0 bridgehead atoms. The van der Waals surface area contributed by atoms with Crippen LogP contribution in [-0.4, -0.2) is 27.4 Å².